The second kappa shape index (κ2) is 9.10. The fourth-order valence-corrected chi connectivity index (χ4v) is 5.30. The number of sulfonamides is 1. The number of hydrogen-bond acceptors (Lipinski definition) is 6. The monoisotopic (exact) mass is 499 g/mol. The van der Waals surface area contributed by atoms with E-state index in [9.17, 15) is 23.0 Å². The number of furan rings is 1. The van der Waals surface area contributed by atoms with Gasteiger partial charge < -0.3 is 19.6 Å². The molecule has 184 valence electrons. The summed E-state index contributed by atoms with van der Waals surface area (Å²) in [6, 6.07) is 9.63. The molecule has 1 aliphatic rings. The van der Waals surface area contributed by atoms with Crippen molar-refractivity contribution in [2.24, 2.45) is 0 Å². The van der Waals surface area contributed by atoms with E-state index in [0.29, 0.717) is 34.0 Å². The molecular weight excluding hydrogens is 473 g/mol. The van der Waals surface area contributed by atoms with E-state index in [0.717, 1.165) is 30.0 Å². The van der Waals surface area contributed by atoms with Crippen LogP contribution in [0.1, 0.15) is 30.7 Å². The number of nitrogens with zero attached hydrogens (tertiary/aromatic N) is 2. The van der Waals surface area contributed by atoms with Gasteiger partial charge in [0, 0.05) is 36.0 Å². The standard InChI is InChI=1S/C25H26FN3O5S/c1-35(32,33)29(11-8-18(31)14-30)21-13-22-20(12-19(21)15-2-3-15)23(25-27-9-10-28-25)24(34-22)16-4-6-17(26)7-5-16/h4-7,9-10,12-13,15,18,30-31H,2-3,8,11,14H2,1H3,(H,27,28). The molecule has 0 amide bonds. The molecule has 35 heavy (non-hydrogen) atoms. The van der Waals surface area contributed by atoms with Crippen LogP contribution in [0.25, 0.3) is 33.7 Å². The highest BCUT2D eigenvalue weighted by Gasteiger charge is 2.33. The van der Waals surface area contributed by atoms with E-state index >= 15 is 0 Å². The molecule has 1 atom stereocenters. The fraction of sp³-hybridized carbons (Fsp3) is 0.320. The van der Waals surface area contributed by atoms with Crippen molar-refractivity contribution in [3.63, 3.8) is 0 Å². The van der Waals surface area contributed by atoms with E-state index in [2.05, 4.69) is 9.97 Å². The number of aromatic amines is 1. The second-order valence-electron chi connectivity index (χ2n) is 8.89. The summed E-state index contributed by atoms with van der Waals surface area (Å²) >= 11 is 0. The summed E-state index contributed by atoms with van der Waals surface area (Å²) in [6.07, 6.45) is 5.41. The Morgan fingerprint density at radius 3 is 2.60 bits per heavy atom. The highest BCUT2D eigenvalue weighted by molar-refractivity contribution is 7.92. The molecule has 4 aromatic rings. The smallest absolute Gasteiger partial charge is 0.232 e. The quantitative estimate of drug-likeness (QED) is 0.320. The van der Waals surface area contributed by atoms with Gasteiger partial charge in [-0.3, -0.25) is 4.31 Å². The number of hydrogen-bond donors (Lipinski definition) is 3. The van der Waals surface area contributed by atoms with Crippen molar-refractivity contribution < 1.29 is 27.4 Å². The lowest BCUT2D eigenvalue weighted by Crippen LogP contribution is -2.34. The number of anilines is 1. The normalized spacial score (nSPS) is 15.0. The van der Waals surface area contributed by atoms with Gasteiger partial charge in [-0.2, -0.15) is 0 Å². The lowest BCUT2D eigenvalue weighted by Gasteiger charge is -2.26. The average Bonchev–Trinajstić information content (AvgIpc) is 3.39. The Bertz CT molecular complexity index is 1440. The molecule has 2 aromatic carbocycles. The minimum atomic E-state index is -3.68. The molecule has 3 N–H and O–H groups in total. The molecule has 1 saturated carbocycles. The van der Waals surface area contributed by atoms with Crippen LogP contribution in [0.2, 0.25) is 0 Å². The number of imidazole rings is 1. The Hall–Kier alpha value is -3.21. The summed E-state index contributed by atoms with van der Waals surface area (Å²) in [6.45, 7) is -0.430. The van der Waals surface area contributed by atoms with Crippen LogP contribution in [-0.2, 0) is 10.0 Å². The third kappa shape index (κ3) is 4.69. The van der Waals surface area contributed by atoms with Crippen molar-refractivity contribution in [3.05, 3.63) is 60.2 Å². The van der Waals surface area contributed by atoms with Crippen molar-refractivity contribution >= 4 is 26.7 Å². The van der Waals surface area contributed by atoms with Gasteiger partial charge in [0.1, 0.15) is 23.0 Å². The molecule has 10 heteroatoms. The zero-order chi connectivity index (χ0) is 24.7. The third-order valence-corrected chi connectivity index (χ3v) is 7.42. The second-order valence-corrected chi connectivity index (χ2v) is 10.8. The Labute approximate surface area is 202 Å². The molecule has 0 radical (unpaired) electrons. The molecule has 1 unspecified atom stereocenters. The number of halogens is 1. The van der Waals surface area contributed by atoms with E-state index in [1.54, 1.807) is 30.6 Å². The maximum atomic E-state index is 13.6. The third-order valence-electron chi connectivity index (χ3n) is 6.24. The molecule has 1 fully saturated rings. The first-order chi connectivity index (χ1) is 16.8. The molecule has 2 heterocycles. The lowest BCUT2D eigenvalue weighted by atomic mass is 10.0. The predicted octanol–water partition coefficient (Wildman–Crippen LogP) is 4.02. The Kier molecular flexibility index (Phi) is 6.12. The Balaban J connectivity index is 1.72. The van der Waals surface area contributed by atoms with E-state index in [4.69, 9.17) is 4.42 Å². The Morgan fingerprint density at radius 1 is 1.26 bits per heavy atom. The largest absolute Gasteiger partial charge is 0.455 e. The predicted molar refractivity (Wildman–Crippen MR) is 131 cm³/mol. The highest BCUT2D eigenvalue weighted by atomic mass is 32.2. The minimum absolute atomic E-state index is 0.0162. The molecular formula is C25H26FN3O5S. The number of nitrogens with one attached hydrogen (secondary N) is 1. The maximum absolute atomic E-state index is 13.6. The van der Waals surface area contributed by atoms with Gasteiger partial charge in [-0.15, -0.1) is 0 Å². The van der Waals surface area contributed by atoms with Crippen LogP contribution < -0.4 is 4.31 Å². The van der Waals surface area contributed by atoms with Crippen molar-refractivity contribution in [1.29, 1.82) is 0 Å². The molecule has 1 aliphatic carbocycles. The first kappa shape index (κ1) is 23.5. The van der Waals surface area contributed by atoms with Crippen LogP contribution in [0.5, 0.6) is 0 Å². The van der Waals surface area contributed by atoms with Crippen LogP contribution in [-0.4, -0.2) is 54.1 Å². The molecule has 0 spiro atoms. The number of fused-ring (bicyclic) bond motifs is 1. The van der Waals surface area contributed by atoms with E-state index in [-0.39, 0.29) is 24.7 Å². The van der Waals surface area contributed by atoms with Crippen LogP contribution in [0.4, 0.5) is 10.1 Å². The lowest BCUT2D eigenvalue weighted by molar-refractivity contribution is 0.0904. The van der Waals surface area contributed by atoms with Gasteiger partial charge in [0.25, 0.3) is 0 Å². The number of rotatable bonds is 9. The van der Waals surface area contributed by atoms with Crippen LogP contribution in [0.3, 0.4) is 0 Å². The van der Waals surface area contributed by atoms with Gasteiger partial charge in [0.2, 0.25) is 10.0 Å². The zero-order valence-corrected chi connectivity index (χ0v) is 19.9. The van der Waals surface area contributed by atoms with Crippen LogP contribution >= 0.6 is 0 Å². The number of H-pyrrole nitrogens is 1. The fourth-order valence-electron chi connectivity index (χ4n) is 4.35. The maximum Gasteiger partial charge on any atom is 0.232 e. The Morgan fingerprint density at radius 2 is 2.00 bits per heavy atom. The molecule has 2 aromatic heterocycles. The SMILES string of the molecule is CS(=O)(=O)N(CCC(O)CO)c1cc2oc(-c3ccc(F)cc3)c(-c3ncc[nH]3)c2cc1C1CC1. The number of aliphatic hydroxyl groups is 2. The first-order valence-electron chi connectivity index (χ1n) is 11.4. The first-order valence-corrected chi connectivity index (χ1v) is 13.2. The van der Waals surface area contributed by atoms with E-state index < -0.39 is 22.7 Å². The summed E-state index contributed by atoms with van der Waals surface area (Å²) in [5.74, 6) is 0.922. The molecule has 0 aliphatic heterocycles. The summed E-state index contributed by atoms with van der Waals surface area (Å²) in [7, 11) is -3.68. The van der Waals surface area contributed by atoms with E-state index in [1.165, 1.54) is 16.4 Å². The summed E-state index contributed by atoms with van der Waals surface area (Å²) in [5.41, 5.74) is 3.21. The molecule has 0 saturated heterocycles. The summed E-state index contributed by atoms with van der Waals surface area (Å²) in [5, 5.41) is 19.8. The number of benzene rings is 2. The molecule has 0 bridgehead atoms. The van der Waals surface area contributed by atoms with Gasteiger partial charge in [-0.05, 0) is 61.1 Å². The van der Waals surface area contributed by atoms with Crippen molar-refractivity contribution in [3.8, 4) is 22.7 Å². The van der Waals surface area contributed by atoms with Gasteiger partial charge in [0.05, 0.1) is 30.2 Å². The molecule has 8 nitrogen and oxygen atoms in total. The van der Waals surface area contributed by atoms with Crippen LogP contribution in [0.15, 0.2) is 53.2 Å². The highest BCUT2D eigenvalue weighted by Crippen LogP contribution is 2.49. The van der Waals surface area contributed by atoms with Gasteiger partial charge in [-0.1, -0.05) is 0 Å². The van der Waals surface area contributed by atoms with Crippen molar-refractivity contribution in [2.75, 3.05) is 23.7 Å². The average molecular weight is 500 g/mol. The molecule has 5 rings (SSSR count). The number of aliphatic hydroxyl groups excluding tert-OH is 2. The zero-order valence-electron chi connectivity index (χ0n) is 19.1. The van der Waals surface area contributed by atoms with Gasteiger partial charge in [-0.25, -0.2) is 17.8 Å². The van der Waals surface area contributed by atoms with Crippen LogP contribution in [0, 0.1) is 5.82 Å². The summed E-state index contributed by atoms with van der Waals surface area (Å²) < 4.78 is 46.7. The summed E-state index contributed by atoms with van der Waals surface area (Å²) in [4.78, 5) is 7.53. The topological polar surface area (TPSA) is 120 Å². The van der Waals surface area contributed by atoms with Crippen molar-refractivity contribution in [2.45, 2.75) is 31.3 Å². The van der Waals surface area contributed by atoms with E-state index in [1.807, 2.05) is 6.07 Å². The van der Waals surface area contributed by atoms with Gasteiger partial charge in [0.15, 0.2) is 0 Å². The van der Waals surface area contributed by atoms with Crippen molar-refractivity contribution in [1.82, 2.24) is 9.97 Å². The van der Waals surface area contributed by atoms with Gasteiger partial charge >= 0.3 is 0 Å². The number of aromatic nitrogens is 2. The minimum Gasteiger partial charge on any atom is -0.455 e.